The van der Waals surface area contributed by atoms with Crippen molar-refractivity contribution in [3.05, 3.63) is 52.5 Å². The maximum absolute atomic E-state index is 12.5. The van der Waals surface area contributed by atoms with Gasteiger partial charge < -0.3 is 10.1 Å². The van der Waals surface area contributed by atoms with E-state index in [0.29, 0.717) is 34.0 Å². The predicted molar refractivity (Wildman–Crippen MR) is 139 cm³/mol. The fourth-order valence-corrected chi connectivity index (χ4v) is 4.80. The fourth-order valence-electron chi connectivity index (χ4n) is 2.68. The summed E-state index contributed by atoms with van der Waals surface area (Å²) in [5.41, 5.74) is 0.372. The molecule has 0 unspecified atom stereocenters. The molecule has 0 saturated heterocycles. The SMILES string of the molecule is CC(C)CCOc1ccc(C(=O)NC(=S)Nc2ccc(S(=O)(=O)NC(C)(C)C)cc2)cc1Br. The van der Waals surface area contributed by atoms with E-state index < -0.39 is 15.6 Å². The molecule has 0 spiro atoms. The van der Waals surface area contributed by atoms with Crippen LogP contribution in [0.2, 0.25) is 0 Å². The van der Waals surface area contributed by atoms with Gasteiger partial charge in [0.1, 0.15) is 5.75 Å². The molecule has 0 heterocycles. The minimum Gasteiger partial charge on any atom is -0.492 e. The molecule has 7 nitrogen and oxygen atoms in total. The second kappa shape index (κ2) is 11.4. The van der Waals surface area contributed by atoms with Crippen LogP contribution in [-0.2, 0) is 10.0 Å². The summed E-state index contributed by atoms with van der Waals surface area (Å²) in [5.74, 6) is 0.836. The van der Waals surface area contributed by atoms with E-state index in [9.17, 15) is 13.2 Å². The van der Waals surface area contributed by atoms with Gasteiger partial charge in [0.05, 0.1) is 16.0 Å². The molecule has 0 bridgehead atoms. The van der Waals surface area contributed by atoms with Gasteiger partial charge in [0.15, 0.2) is 5.11 Å². The van der Waals surface area contributed by atoms with Gasteiger partial charge in [-0.1, -0.05) is 13.8 Å². The molecule has 2 rings (SSSR count). The summed E-state index contributed by atoms with van der Waals surface area (Å²) in [6.45, 7) is 10.2. The highest BCUT2D eigenvalue weighted by molar-refractivity contribution is 9.10. The van der Waals surface area contributed by atoms with E-state index in [2.05, 4.69) is 45.1 Å². The Bertz CT molecular complexity index is 1100. The van der Waals surface area contributed by atoms with Gasteiger partial charge in [-0.3, -0.25) is 10.1 Å². The van der Waals surface area contributed by atoms with Crippen molar-refractivity contribution in [3.63, 3.8) is 0 Å². The molecule has 3 N–H and O–H groups in total. The van der Waals surface area contributed by atoms with Gasteiger partial charge in [-0.2, -0.15) is 0 Å². The average molecular weight is 557 g/mol. The molecule has 33 heavy (non-hydrogen) atoms. The highest BCUT2D eigenvalue weighted by atomic mass is 79.9. The van der Waals surface area contributed by atoms with Crippen LogP contribution in [0.25, 0.3) is 0 Å². The number of nitrogens with one attached hydrogen (secondary N) is 3. The van der Waals surface area contributed by atoms with Crippen LogP contribution in [0.15, 0.2) is 51.8 Å². The van der Waals surface area contributed by atoms with Crippen molar-refractivity contribution in [2.24, 2.45) is 5.92 Å². The molecule has 0 saturated carbocycles. The van der Waals surface area contributed by atoms with E-state index >= 15 is 0 Å². The lowest BCUT2D eigenvalue weighted by atomic mass is 10.1. The smallest absolute Gasteiger partial charge is 0.257 e. The Kier molecular flexibility index (Phi) is 9.42. The number of anilines is 1. The summed E-state index contributed by atoms with van der Waals surface area (Å²) in [7, 11) is -3.63. The third kappa shape index (κ3) is 9.04. The number of carbonyl (C=O) groups excluding carboxylic acids is 1. The molecule has 0 radical (unpaired) electrons. The van der Waals surface area contributed by atoms with Gasteiger partial charge in [0.2, 0.25) is 10.0 Å². The largest absolute Gasteiger partial charge is 0.492 e. The molecule has 0 aliphatic heterocycles. The van der Waals surface area contributed by atoms with Crippen LogP contribution >= 0.6 is 28.1 Å². The van der Waals surface area contributed by atoms with E-state index in [1.807, 2.05) is 0 Å². The first-order valence-corrected chi connectivity index (χ1v) is 13.1. The monoisotopic (exact) mass is 555 g/mol. The number of amides is 1. The summed E-state index contributed by atoms with van der Waals surface area (Å²) in [6.07, 6.45) is 0.939. The van der Waals surface area contributed by atoms with Crippen LogP contribution in [0, 0.1) is 5.92 Å². The van der Waals surface area contributed by atoms with Crippen LogP contribution in [0.4, 0.5) is 5.69 Å². The molecular formula is C23H30BrN3O4S2. The lowest BCUT2D eigenvalue weighted by Crippen LogP contribution is -2.40. The van der Waals surface area contributed by atoms with Crippen LogP contribution < -0.4 is 20.1 Å². The number of thiocarbonyl (C=S) groups is 1. The Balaban J connectivity index is 1.96. The first-order valence-electron chi connectivity index (χ1n) is 10.5. The Morgan fingerprint density at radius 1 is 1.12 bits per heavy atom. The lowest BCUT2D eigenvalue weighted by molar-refractivity contribution is 0.0977. The predicted octanol–water partition coefficient (Wildman–Crippen LogP) is 5.08. The maximum atomic E-state index is 12.5. The molecule has 180 valence electrons. The van der Waals surface area contributed by atoms with E-state index in [1.54, 1.807) is 51.1 Å². The van der Waals surface area contributed by atoms with Crippen LogP contribution in [0.1, 0.15) is 51.4 Å². The quantitative estimate of drug-likeness (QED) is 0.393. The average Bonchev–Trinajstić information content (AvgIpc) is 2.67. The maximum Gasteiger partial charge on any atom is 0.257 e. The number of ether oxygens (including phenoxy) is 1. The van der Waals surface area contributed by atoms with Crippen molar-refractivity contribution in [3.8, 4) is 5.75 Å². The second-order valence-electron chi connectivity index (χ2n) is 8.96. The Morgan fingerprint density at radius 3 is 2.30 bits per heavy atom. The van der Waals surface area contributed by atoms with Crippen LogP contribution in [-0.4, -0.2) is 31.6 Å². The number of benzene rings is 2. The summed E-state index contributed by atoms with van der Waals surface area (Å²) < 4.78 is 33.8. The molecule has 0 aliphatic rings. The van der Waals surface area contributed by atoms with Crippen LogP contribution in [0.3, 0.4) is 0 Å². The minimum atomic E-state index is -3.63. The van der Waals surface area contributed by atoms with E-state index in [-0.39, 0.29) is 15.9 Å². The molecular weight excluding hydrogens is 526 g/mol. The van der Waals surface area contributed by atoms with E-state index in [0.717, 1.165) is 6.42 Å². The molecule has 1 amide bonds. The van der Waals surface area contributed by atoms with E-state index in [1.165, 1.54) is 12.1 Å². The first-order chi connectivity index (χ1) is 15.3. The Labute approximate surface area is 209 Å². The van der Waals surface area contributed by atoms with Crippen molar-refractivity contribution < 1.29 is 17.9 Å². The molecule has 2 aromatic carbocycles. The molecule has 0 fully saturated rings. The van der Waals surface area contributed by atoms with Gasteiger partial charge in [-0.05, 0) is 104 Å². The first kappa shape index (κ1) is 27.2. The van der Waals surface area contributed by atoms with Gasteiger partial charge >= 0.3 is 0 Å². The number of rotatable bonds is 8. The molecule has 10 heteroatoms. The Hall–Kier alpha value is -2.01. The third-order valence-electron chi connectivity index (χ3n) is 4.24. The van der Waals surface area contributed by atoms with Crippen molar-refractivity contribution >= 4 is 54.9 Å². The number of hydrogen-bond acceptors (Lipinski definition) is 5. The van der Waals surface area contributed by atoms with Gasteiger partial charge in [-0.15, -0.1) is 0 Å². The third-order valence-corrected chi connectivity index (χ3v) is 6.83. The zero-order valence-electron chi connectivity index (χ0n) is 19.4. The number of halogens is 1. The van der Waals surface area contributed by atoms with Crippen molar-refractivity contribution in [2.45, 2.75) is 51.5 Å². The summed E-state index contributed by atoms with van der Waals surface area (Å²) in [6, 6.07) is 11.2. The molecule has 0 aromatic heterocycles. The lowest BCUT2D eigenvalue weighted by Gasteiger charge is -2.20. The molecule has 0 aliphatic carbocycles. The van der Waals surface area contributed by atoms with Crippen LogP contribution in [0.5, 0.6) is 5.75 Å². The normalized spacial score (nSPS) is 11.8. The van der Waals surface area contributed by atoms with Gasteiger partial charge in [0.25, 0.3) is 5.91 Å². The van der Waals surface area contributed by atoms with Crippen molar-refractivity contribution in [2.75, 3.05) is 11.9 Å². The summed E-state index contributed by atoms with van der Waals surface area (Å²) >= 11 is 8.66. The highest BCUT2D eigenvalue weighted by Gasteiger charge is 2.21. The summed E-state index contributed by atoms with van der Waals surface area (Å²) in [5, 5.41) is 5.59. The number of sulfonamides is 1. The fraction of sp³-hybridized carbons (Fsp3) is 0.391. The zero-order valence-corrected chi connectivity index (χ0v) is 22.6. The van der Waals surface area contributed by atoms with E-state index in [4.69, 9.17) is 17.0 Å². The Morgan fingerprint density at radius 2 is 1.76 bits per heavy atom. The highest BCUT2D eigenvalue weighted by Crippen LogP contribution is 2.26. The molecule has 0 atom stereocenters. The number of carbonyl (C=O) groups is 1. The molecule has 2 aromatic rings. The minimum absolute atomic E-state index is 0.0943. The van der Waals surface area contributed by atoms with Crippen molar-refractivity contribution in [1.29, 1.82) is 0 Å². The number of hydrogen-bond donors (Lipinski definition) is 3. The second-order valence-corrected chi connectivity index (χ2v) is 11.9. The standard InChI is InChI=1S/C23H30BrN3O4S2/c1-15(2)12-13-31-20-11-6-16(14-19(20)24)21(28)26-22(32)25-17-7-9-18(10-8-17)33(29,30)27-23(3,4)5/h6-11,14-15,27H,12-13H2,1-5H3,(H2,25,26,28,32). The topological polar surface area (TPSA) is 96.5 Å². The summed E-state index contributed by atoms with van der Waals surface area (Å²) in [4.78, 5) is 12.7. The zero-order chi connectivity index (χ0) is 24.8. The van der Waals surface area contributed by atoms with Gasteiger partial charge in [-0.25, -0.2) is 13.1 Å². The van der Waals surface area contributed by atoms with Gasteiger partial charge in [0, 0.05) is 16.8 Å². The van der Waals surface area contributed by atoms with Crippen molar-refractivity contribution in [1.82, 2.24) is 10.0 Å².